The Hall–Kier alpha value is -3.09. The van der Waals surface area contributed by atoms with Crippen LogP contribution in [-0.4, -0.2) is 52.8 Å². The average molecular weight is 488 g/mol. The zero-order valence-electron chi connectivity index (χ0n) is 20.1. The number of hydrogen-bond donors (Lipinski definition) is 0. The van der Waals surface area contributed by atoms with E-state index in [4.69, 9.17) is 0 Å². The van der Waals surface area contributed by atoms with Crippen molar-refractivity contribution in [3.8, 4) is 5.69 Å². The molecule has 0 radical (unpaired) electrons. The predicted octanol–water partition coefficient (Wildman–Crippen LogP) is 5.96. The van der Waals surface area contributed by atoms with Gasteiger partial charge >= 0.3 is 0 Å². The molecule has 1 aliphatic rings. The lowest BCUT2D eigenvalue weighted by atomic mass is 9.96. The number of hydrogen-bond acceptors (Lipinski definition) is 5. The van der Waals surface area contributed by atoms with E-state index >= 15 is 0 Å². The second kappa shape index (κ2) is 13.1. The largest absolute Gasteiger partial charge is 0.367 e. The summed E-state index contributed by atoms with van der Waals surface area (Å²) in [5.74, 6) is 0. The molecule has 184 valence electrons. The van der Waals surface area contributed by atoms with Crippen LogP contribution in [0.2, 0.25) is 0 Å². The van der Waals surface area contributed by atoms with Gasteiger partial charge in [-0.25, -0.2) is 4.68 Å². The van der Waals surface area contributed by atoms with E-state index in [-0.39, 0.29) is 7.43 Å². The molecule has 0 amide bonds. The summed E-state index contributed by atoms with van der Waals surface area (Å²) in [6.45, 7) is 6.51. The normalized spacial score (nSPS) is 13.9. The van der Waals surface area contributed by atoms with Gasteiger partial charge < -0.3 is 4.90 Å². The van der Waals surface area contributed by atoms with Crippen LogP contribution in [0, 0.1) is 0 Å². The van der Waals surface area contributed by atoms with Crippen LogP contribution in [0.25, 0.3) is 5.69 Å². The van der Waals surface area contributed by atoms with E-state index in [0.717, 1.165) is 44.7 Å². The molecule has 1 aliphatic heterocycles. The van der Waals surface area contributed by atoms with Gasteiger partial charge in [0.15, 0.2) is 0 Å². The number of aliphatic imine (C=N–C) groups is 1. The molecule has 0 unspecified atom stereocenters. The molecular formula is C29H37N5S. The summed E-state index contributed by atoms with van der Waals surface area (Å²) in [7, 11) is 2.18. The van der Waals surface area contributed by atoms with Gasteiger partial charge in [0.1, 0.15) is 0 Å². The smallest absolute Gasteiger partial charge is 0.0701 e. The Morgan fingerprint density at radius 1 is 1.17 bits per heavy atom. The fraction of sp³-hybridized carbons (Fsp3) is 0.310. The van der Waals surface area contributed by atoms with Crippen LogP contribution in [0.3, 0.4) is 0 Å². The molecular weight excluding hydrogens is 450 g/mol. The van der Waals surface area contributed by atoms with Crippen LogP contribution in [0.15, 0.2) is 89.3 Å². The van der Waals surface area contributed by atoms with Gasteiger partial charge in [-0.1, -0.05) is 43.8 Å². The molecule has 0 atom stereocenters. The monoisotopic (exact) mass is 487 g/mol. The third kappa shape index (κ3) is 7.44. The fourth-order valence-electron chi connectivity index (χ4n) is 4.34. The molecule has 2 aromatic carbocycles. The van der Waals surface area contributed by atoms with E-state index in [1.165, 1.54) is 27.2 Å². The van der Waals surface area contributed by atoms with Gasteiger partial charge in [0.2, 0.25) is 0 Å². The Morgan fingerprint density at radius 3 is 2.69 bits per heavy atom. The molecule has 35 heavy (non-hydrogen) atoms. The Balaban J connectivity index is 0.00000342. The van der Waals surface area contributed by atoms with Gasteiger partial charge in [0.25, 0.3) is 0 Å². The molecule has 0 bridgehead atoms. The van der Waals surface area contributed by atoms with Crippen molar-refractivity contribution < 1.29 is 0 Å². The van der Waals surface area contributed by atoms with E-state index < -0.39 is 0 Å². The molecule has 5 nitrogen and oxygen atoms in total. The van der Waals surface area contributed by atoms with Gasteiger partial charge in [0.05, 0.1) is 12.4 Å². The summed E-state index contributed by atoms with van der Waals surface area (Å²) >= 11 is 1.82. The summed E-state index contributed by atoms with van der Waals surface area (Å²) in [5, 5.41) is 4.30. The molecule has 4 rings (SSSR count). The highest BCUT2D eigenvalue weighted by molar-refractivity contribution is 8.02. The molecule has 6 heteroatoms. The molecule has 0 saturated heterocycles. The number of aromatic nitrogens is 2. The summed E-state index contributed by atoms with van der Waals surface area (Å²) in [4.78, 5) is 10.0. The number of rotatable bonds is 10. The van der Waals surface area contributed by atoms with Crippen molar-refractivity contribution in [2.24, 2.45) is 4.99 Å². The van der Waals surface area contributed by atoms with Crippen molar-refractivity contribution in [3.05, 3.63) is 107 Å². The minimum absolute atomic E-state index is 0. The second-order valence-corrected chi connectivity index (χ2v) is 9.60. The van der Waals surface area contributed by atoms with Crippen LogP contribution < -0.4 is 0 Å². The first-order chi connectivity index (χ1) is 16.6. The maximum absolute atomic E-state index is 4.30. The third-order valence-corrected chi connectivity index (χ3v) is 6.83. The van der Waals surface area contributed by atoms with Crippen molar-refractivity contribution in [1.29, 1.82) is 0 Å². The predicted molar refractivity (Wildman–Crippen MR) is 151 cm³/mol. The Labute approximate surface area is 214 Å². The van der Waals surface area contributed by atoms with Crippen LogP contribution in [0.4, 0.5) is 0 Å². The Bertz CT molecular complexity index is 1130. The topological polar surface area (TPSA) is 36.7 Å². The van der Waals surface area contributed by atoms with E-state index in [9.17, 15) is 0 Å². The molecule has 0 aliphatic carbocycles. The number of benzene rings is 2. The zero-order valence-corrected chi connectivity index (χ0v) is 20.9. The lowest BCUT2D eigenvalue weighted by Crippen LogP contribution is -2.37. The number of fused-ring (bicyclic) bond motifs is 1. The molecule has 0 saturated carbocycles. The molecule has 2 heterocycles. The number of thioether (sulfide) groups is 1. The van der Waals surface area contributed by atoms with Crippen LogP contribution >= 0.6 is 11.8 Å². The standard InChI is InChI=1S/C28H33N5S.CH4/c1-29-14-4-6-23-7-10-25-13-17-32(20-26(25)18-23)22-31(2)21-28(34-3)19-24-8-11-27(12-9-24)33-16-5-15-30-33;/h4-5,7-12,14-16,18,21H,1,6,13,17,19-20,22H2,2-3H3;1H4/b14-4-,28-21-;. The first kappa shape index (κ1) is 26.5. The average Bonchev–Trinajstić information content (AvgIpc) is 3.39. The lowest BCUT2D eigenvalue weighted by molar-refractivity contribution is 0.175. The van der Waals surface area contributed by atoms with Crippen molar-refractivity contribution in [2.75, 3.05) is 26.5 Å². The highest BCUT2D eigenvalue weighted by atomic mass is 32.2. The zero-order chi connectivity index (χ0) is 23.8. The molecule has 3 aromatic rings. The number of nitrogens with zero attached hydrogens (tertiary/aromatic N) is 5. The first-order valence-electron chi connectivity index (χ1n) is 11.6. The summed E-state index contributed by atoms with van der Waals surface area (Å²) in [6, 6.07) is 17.5. The molecule has 1 aromatic heterocycles. The Morgan fingerprint density at radius 2 is 1.97 bits per heavy atom. The third-order valence-electron chi connectivity index (χ3n) is 6.06. The fourth-order valence-corrected chi connectivity index (χ4v) is 4.94. The van der Waals surface area contributed by atoms with Crippen LogP contribution in [0.5, 0.6) is 0 Å². The van der Waals surface area contributed by atoms with E-state index in [0.29, 0.717) is 0 Å². The van der Waals surface area contributed by atoms with Gasteiger partial charge in [-0.05, 0) is 66.3 Å². The molecule has 0 fully saturated rings. The quantitative estimate of drug-likeness (QED) is 0.331. The van der Waals surface area contributed by atoms with Crippen molar-refractivity contribution in [3.63, 3.8) is 0 Å². The lowest BCUT2D eigenvalue weighted by Gasteiger charge is -2.32. The SMILES string of the molecule is C.C=N/C=C\Cc1ccc2c(c1)CN(CN(C)/C=C(/Cc1ccc(-n3cccn3)cc1)SC)CC2. The van der Waals surface area contributed by atoms with Crippen molar-refractivity contribution in [1.82, 2.24) is 19.6 Å². The summed E-state index contributed by atoms with van der Waals surface area (Å²) in [6.07, 6.45) is 15.0. The van der Waals surface area contributed by atoms with Gasteiger partial charge in [0, 0.05) is 56.3 Å². The van der Waals surface area contributed by atoms with E-state index in [2.05, 4.69) is 94.7 Å². The van der Waals surface area contributed by atoms with E-state index in [1.54, 1.807) is 12.4 Å². The molecule has 0 N–H and O–H groups in total. The maximum Gasteiger partial charge on any atom is 0.0701 e. The minimum Gasteiger partial charge on any atom is -0.367 e. The van der Waals surface area contributed by atoms with E-state index in [1.807, 2.05) is 28.7 Å². The summed E-state index contributed by atoms with van der Waals surface area (Å²) < 4.78 is 1.89. The maximum atomic E-state index is 4.30. The highest BCUT2D eigenvalue weighted by Gasteiger charge is 2.17. The van der Waals surface area contributed by atoms with Crippen LogP contribution in [0.1, 0.15) is 29.7 Å². The second-order valence-electron chi connectivity index (χ2n) is 8.67. The van der Waals surface area contributed by atoms with Crippen molar-refractivity contribution >= 4 is 18.5 Å². The number of allylic oxidation sites excluding steroid dienone is 2. The highest BCUT2D eigenvalue weighted by Crippen LogP contribution is 2.23. The Kier molecular flexibility index (Phi) is 9.94. The van der Waals surface area contributed by atoms with Gasteiger partial charge in [-0.15, -0.1) is 11.8 Å². The summed E-state index contributed by atoms with van der Waals surface area (Å²) in [5.41, 5.74) is 6.65. The van der Waals surface area contributed by atoms with Gasteiger partial charge in [-0.3, -0.25) is 9.89 Å². The molecule has 0 spiro atoms. The van der Waals surface area contributed by atoms with Gasteiger partial charge in [-0.2, -0.15) is 5.10 Å². The van der Waals surface area contributed by atoms with Crippen LogP contribution in [-0.2, 0) is 25.8 Å². The minimum atomic E-state index is 0. The van der Waals surface area contributed by atoms with Crippen molar-refractivity contribution in [2.45, 2.75) is 33.2 Å². The first-order valence-corrected chi connectivity index (χ1v) is 12.8.